The van der Waals surface area contributed by atoms with E-state index in [-0.39, 0.29) is 11.8 Å². The van der Waals surface area contributed by atoms with E-state index >= 15 is 0 Å². The van der Waals surface area contributed by atoms with Crippen LogP contribution in [0.4, 0.5) is 5.69 Å². The number of benzene rings is 1. The molecule has 3 heterocycles. The van der Waals surface area contributed by atoms with E-state index in [1.807, 2.05) is 64.4 Å². The highest BCUT2D eigenvalue weighted by Crippen LogP contribution is 2.36. The Morgan fingerprint density at radius 2 is 2.00 bits per heavy atom. The van der Waals surface area contributed by atoms with Gasteiger partial charge in [0.05, 0.1) is 11.1 Å². The Balaban J connectivity index is 1.58. The predicted molar refractivity (Wildman–Crippen MR) is 132 cm³/mol. The van der Waals surface area contributed by atoms with Crippen LogP contribution in [0.5, 0.6) is 0 Å². The second-order valence-electron chi connectivity index (χ2n) is 8.59. The van der Waals surface area contributed by atoms with Crippen LogP contribution in [0, 0.1) is 13.8 Å². The highest BCUT2D eigenvalue weighted by atomic mass is 16.2. The van der Waals surface area contributed by atoms with Gasteiger partial charge in [0.1, 0.15) is 0 Å². The molecule has 4 rings (SSSR count). The number of nitrogens with zero attached hydrogens (tertiary/aromatic N) is 2. The van der Waals surface area contributed by atoms with E-state index < -0.39 is 0 Å². The molecule has 2 amide bonds. The Kier molecular flexibility index (Phi) is 6.42. The van der Waals surface area contributed by atoms with Crippen LogP contribution in [0.3, 0.4) is 0 Å². The molecular weight excluding hydrogens is 414 g/mol. The molecule has 1 aromatic carbocycles. The number of carbonyl (C=O) groups excluding carboxylic acids is 2. The van der Waals surface area contributed by atoms with Crippen LogP contribution in [0.2, 0.25) is 0 Å². The van der Waals surface area contributed by atoms with Gasteiger partial charge in [0.15, 0.2) is 0 Å². The van der Waals surface area contributed by atoms with Gasteiger partial charge in [0.25, 0.3) is 11.8 Å². The van der Waals surface area contributed by atoms with E-state index in [1.165, 1.54) is 0 Å². The summed E-state index contributed by atoms with van der Waals surface area (Å²) in [5.74, 6) is -0.253. The van der Waals surface area contributed by atoms with Gasteiger partial charge in [-0.3, -0.25) is 14.6 Å². The summed E-state index contributed by atoms with van der Waals surface area (Å²) in [6.07, 6.45) is 6.25. The lowest BCUT2D eigenvalue weighted by atomic mass is 10.00. The lowest BCUT2D eigenvalue weighted by molar-refractivity contribution is -0.110. The van der Waals surface area contributed by atoms with Gasteiger partial charge >= 0.3 is 0 Å². The van der Waals surface area contributed by atoms with E-state index in [2.05, 4.69) is 25.5 Å². The number of rotatable bonds is 7. The fourth-order valence-corrected chi connectivity index (χ4v) is 4.14. The fourth-order valence-electron chi connectivity index (χ4n) is 4.14. The zero-order valence-electron chi connectivity index (χ0n) is 19.5. The zero-order chi connectivity index (χ0) is 23.5. The minimum Gasteiger partial charge on any atom is -0.358 e. The first kappa shape index (κ1) is 22.5. The maximum Gasteiger partial charge on any atom is 0.256 e. The molecule has 0 radical (unpaired) electrons. The smallest absolute Gasteiger partial charge is 0.256 e. The molecule has 1 aliphatic rings. The van der Waals surface area contributed by atoms with Crippen LogP contribution in [0.25, 0.3) is 22.8 Å². The Morgan fingerprint density at radius 1 is 1.18 bits per heavy atom. The van der Waals surface area contributed by atoms with Crippen molar-refractivity contribution in [2.24, 2.45) is 0 Å². The second kappa shape index (κ2) is 9.42. The molecule has 7 heteroatoms. The molecule has 0 fully saturated rings. The van der Waals surface area contributed by atoms with Gasteiger partial charge in [0.2, 0.25) is 0 Å². The Labute approximate surface area is 193 Å². The summed E-state index contributed by atoms with van der Waals surface area (Å²) in [7, 11) is 4.03. The lowest BCUT2D eigenvalue weighted by Gasteiger charge is -2.10. The number of anilines is 1. The number of fused-ring (bicyclic) bond motifs is 1. The number of hydrogen-bond acceptors (Lipinski definition) is 4. The predicted octanol–water partition coefficient (Wildman–Crippen LogP) is 3.87. The summed E-state index contributed by atoms with van der Waals surface area (Å²) < 4.78 is 0. The average Bonchev–Trinajstić information content (AvgIpc) is 3.26. The maximum atomic E-state index is 12.8. The molecule has 0 saturated heterocycles. The van der Waals surface area contributed by atoms with Crippen molar-refractivity contribution in [3.05, 3.63) is 70.8 Å². The molecule has 0 unspecified atom stereocenters. The third kappa shape index (κ3) is 4.73. The van der Waals surface area contributed by atoms with E-state index in [9.17, 15) is 9.59 Å². The van der Waals surface area contributed by atoms with Crippen molar-refractivity contribution in [1.29, 1.82) is 0 Å². The van der Waals surface area contributed by atoms with Crippen LogP contribution in [-0.4, -0.2) is 53.9 Å². The molecule has 0 saturated carbocycles. The van der Waals surface area contributed by atoms with Gasteiger partial charge in [-0.2, -0.15) is 0 Å². The monoisotopic (exact) mass is 443 g/mol. The normalized spacial score (nSPS) is 14.0. The first-order valence-corrected chi connectivity index (χ1v) is 11.0. The number of H-pyrrole nitrogens is 1. The quantitative estimate of drug-likeness (QED) is 0.382. The summed E-state index contributed by atoms with van der Waals surface area (Å²) in [6.45, 7) is 5.32. The van der Waals surface area contributed by atoms with Gasteiger partial charge in [-0.05, 0) is 70.2 Å². The van der Waals surface area contributed by atoms with E-state index in [0.717, 1.165) is 52.3 Å². The van der Waals surface area contributed by atoms with E-state index in [1.54, 1.807) is 12.4 Å². The number of pyridine rings is 1. The van der Waals surface area contributed by atoms with Gasteiger partial charge in [-0.1, -0.05) is 18.2 Å². The summed E-state index contributed by atoms with van der Waals surface area (Å²) >= 11 is 0. The molecule has 170 valence electrons. The first-order chi connectivity index (χ1) is 15.8. The highest BCUT2D eigenvalue weighted by Gasteiger charge is 2.26. The summed E-state index contributed by atoms with van der Waals surface area (Å²) in [6, 6.07) is 9.78. The number of aromatic amines is 1. The van der Waals surface area contributed by atoms with E-state index in [4.69, 9.17) is 0 Å². The molecule has 0 atom stereocenters. The maximum absolute atomic E-state index is 12.8. The molecule has 2 aromatic heterocycles. The molecular formula is C26H29N5O2. The topological polar surface area (TPSA) is 90.1 Å². The Bertz CT molecular complexity index is 1220. The van der Waals surface area contributed by atoms with Crippen molar-refractivity contribution in [1.82, 2.24) is 20.2 Å². The van der Waals surface area contributed by atoms with Crippen molar-refractivity contribution in [3.8, 4) is 11.1 Å². The van der Waals surface area contributed by atoms with Crippen LogP contribution in [-0.2, 0) is 4.79 Å². The van der Waals surface area contributed by atoms with Crippen LogP contribution in [0.1, 0.15) is 39.3 Å². The molecule has 1 aliphatic heterocycles. The van der Waals surface area contributed by atoms with Crippen molar-refractivity contribution >= 4 is 29.2 Å². The SMILES string of the molecule is Cc1[nH]c(C=C2C(=O)Nc3cc(-c4cccnc4)ccc32)c(C)c1C(=O)NCCCN(C)C. The molecule has 3 N–H and O–H groups in total. The molecule has 0 bridgehead atoms. The third-order valence-corrected chi connectivity index (χ3v) is 5.86. The van der Waals surface area contributed by atoms with Gasteiger partial charge < -0.3 is 20.5 Å². The highest BCUT2D eigenvalue weighted by molar-refractivity contribution is 6.35. The summed E-state index contributed by atoms with van der Waals surface area (Å²) in [4.78, 5) is 35.1. The minimum atomic E-state index is -0.158. The number of amides is 2. The van der Waals surface area contributed by atoms with Gasteiger partial charge in [-0.15, -0.1) is 0 Å². The Hall–Kier alpha value is -3.71. The third-order valence-electron chi connectivity index (χ3n) is 5.86. The van der Waals surface area contributed by atoms with E-state index in [0.29, 0.717) is 17.7 Å². The number of nitrogens with one attached hydrogen (secondary N) is 3. The van der Waals surface area contributed by atoms with Crippen LogP contribution in [0.15, 0.2) is 42.7 Å². The fraction of sp³-hybridized carbons (Fsp3) is 0.269. The molecule has 7 nitrogen and oxygen atoms in total. The molecule has 0 spiro atoms. The van der Waals surface area contributed by atoms with Crippen LogP contribution >= 0.6 is 0 Å². The number of hydrogen-bond donors (Lipinski definition) is 3. The number of carbonyl (C=O) groups is 2. The largest absolute Gasteiger partial charge is 0.358 e. The minimum absolute atomic E-state index is 0.0953. The van der Waals surface area contributed by atoms with Crippen molar-refractivity contribution in [3.63, 3.8) is 0 Å². The lowest BCUT2D eigenvalue weighted by Crippen LogP contribution is -2.27. The Morgan fingerprint density at radius 3 is 2.73 bits per heavy atom. The molecule has 33 heavy (non-hydrogen) atoms. The average molecular weight is 444 g/mol. The number of aromatic nitrogens is 2. The summed E-state index contributed by atoms with van der Waals surface area (Å²) in [5.41, 5.74) is 7.19. The molecule has 0 aliphatic carbocycles. The number of aryl methyl sites for hydroxylation is 1. The zero-order valence-corrected chi connectivity index (χ0v) is 19.5. The first-order valence-electron chi connectivity index (χ1n) is 11.0. The van der Waals surface area contributed by atoms with Crippen LogP contribution < -0.4 is 10.6 Å². The van der Waals surface area contributed by atoms with Crippen molar-refractivity contribution in [2.75, 3.05) is 32.5 Å². The second-order valence-corrected chi connectivity index (χ2v) is 8.59. The van der Waals surface area contributed by atoms with Gasteiger partial charge in [0, 0.05) is 47.1 Å². The van der Waals surface area contributed by atoms with Gasteiger partial charge in [-0.25, -0.2) is 0 Å². The van der Waals surface area contributed by atoms with Crippen molar-refractivity contribution < 1.29 is 9.59 Å². The van der Waals surface area contributed by atoms with Crippen molar-refractivity contribution in [2.45, 2.75) is 20.3 Å². The standard InChI is InChI=1S/C26H29N5O2/c1-16-22(29-17(2)24(16)26(33)28-11-6-12-31(3)4)14-21-20-9-8-18(13-23(20)30-25(21)32)19-7-5-10-27-15-19/h5,7-10,13-15,29H,6,11-12H2,1-4H3,(H,28,33)(H,30,32). The summed E-state index contributed by atoms with van der Waals surface area (Å²) in [5, 5.41) is 5.96. The molecule has 3 aromatic rings.